The molecule has 0 radical (unpaired) electrons. The van der Waals surface area contributed by atoms with E-state index in [1.54, 1.807) is 7.05 Å². The van der Waals surface area contributed by atoms with E-state index in [-0.39, 0.29) is 11.7 Å². The predicted octanol–water partition coefficient (Wildman–Crippen LogP) is 1.31. The standard InChI is InChI=1S/C11H20N4O2S/c1-3-4-6-17-7-5-14-10(16)8-9(12)15-11(13-2)18-8/h3-7,12H2,1-2H3,(H,13,15)(H,14,16). The molecular formula is C11H20N4O2S. The molecule has 4 N–H and O–H groups in total. The Labute approximate surface area is 111 Å². The Bertz CT molecular complexity index is 381. The average molecular weight is 272 g/mol. The third-order valence-corrected chi connectivity index (χ3v) is 3.34. The Morgan fingerprint density at radius 2 is 2.28 bits per heavy atom. The molecule has 0 aliphatic rings. The van der Waals surface area contributed by atoms with E-state index in [0.29, 0.717) is 23.2 Å². The first-order valence-corrected chi connectivity index (χ1v) is 6.80. The monoisotopic (exact) mass is 272 g/mol. The van der Waals surface area contributed by atoms with Crippen molar-refractivity contribution in [2.45, 2.75) is 19.8 Å². The third-order valence-electron chi connectivity index (χ3n) is 2.25. The predicted molar refractivity (Wildman–Crippen MR) is 74.1 cm³/mol. The molecule has 0 spiro atoms. The summed E-state index contributed by atoms with van der Waals surface area (Å²) in [6.07, 6.45) is 2.15. The summed E-state index contributed by atoms with van der Waals surface area (Å²) in [7, 11) is 1.74. The topological polar surface area (TPSA) is 89.3 Å². The molecule has 0 atom stereocenters. The van der Waals surface area contributed by atoms with Crippen LogP contribution in [0.15, 0.2) is 0 Å². The summed E-state index contributed by atoms with van der Waals surface area (Å²) in [5, 5.41) is 6.24. The molecule has 0 aromatic carbocycles. The van der Waals surface area contributed by atoms with Gasteiger partial charge in [-0.3, -0.25) is 4.79 Å². The summed E-state index contributed by atoms with van der Waals surface area (Å²) < 4.78 is 5.35. The fourth-order valence-electron chi connectivity index (χ4n) is 1.27. The summed E-state index contributed by atoms with van der Waals surface area (Å²) in [5.41, 5.74) is 5.66. The van der Waals surface area contributed by atoms with Gasteiger partial charge < -0.3 is 21.1 Å². The van der Waals surface area contributed by atoms with Crippen molar-refractivity contribution in [1.29, 1.82) is 0 Å². The highest BCUT2D eigenvalue weighted by atomic mass is 32.1. The number of hydrogen-bond acceptors (Lipinski definition) is 6. The molecule has 1 rings (SSSR count). The molecular weight excluding hydrogens is 252 g/mol. The van der Waals surface area contributed by atoms with Crippen LogP contribution in [0.3, 0.4) is 0 Å². The Kier molecular flexibility index (Phi) is 6.45. The minimum Gasteiger partial charge on any atom is -0.382 e. The van der Waals surface area contributed by atoms with Crippen LogP contribution in [0.25, 0.3) is 0 Å². The van der Waals surface area contributed by atoms with Gasteiger partial charge in [-0.25, -0.2) is 4.98 Å². The first-order chi connectivity index (χ1) is 8.69. The number of nitrogens with two attached hydrogens (primary N) is 1. The number of carbonyl (C=O) groups is 1. The molecule has 1 amide bonds. The van der Waals surface area contributed by atoms with E-state index >= 15 is 0 Å². The molecule has 7 heteroatoms. The van der Waals surface area contributed by atoms with Gasteiger partial charge >= 0.3 is 0 Å². The van der Waals surface area contributed by atoms with Gasteiger partial charge in [0.05, 0.1) is 6.61 Å². The molecule has 6 nitrogen and oxygen atoms in total. The van der Waals surface area contributed by atoms with Crippen LogP contribution in [0, 0.1) is 0 Å². The Balaban J connectivity index is 2.29. The lowest BCUT2D eigenvalue weighted by Gasteiger charge is -2.04. The number of amides is 1. The van der Waals surface area contributed by atoms with Gasteiger partial charge in [-0.15, -0.1) is 0 Å². The van der Waals surface area contributed by atoms with Gasteiger partial charge in [0.25, 0.3) is 5.91 Å². The summed E-state index contributed by atoms with van der Waals surface area (Å²) in [5.74, 6) is 0.0549. The summed E-state index contributed by atoms with van der Waals surface area (Å²) in [4.78, 5) is 16.2. The highest BCUT2D eigenvalue weighted by Gasteiger charge is 2.14. The van der Waals surface area contributed by atoms with Crippen molar-refractivity contribution in [2.75, 3.05) is 37.9 Å². The van der Waals surface area contributed by atoms with Crippen molar-refractivity contribution in [1.82, 2.24) is 10.3 Å². The molecule has 1 aromatic heterocycles. The number of nitrogen functional groups attached to an aromatic ring is 1. The Morgan fingerprint density at radius 3 is 2.89 bits per heavy atom. The van der Waals surface area contributed by atoms with E-state index < -0.39 is 0 Å². The van der Waals surface area contributed by atoms with Crippen molar-refractivity contribution < 1.29 is 9.53 Å². The second-order valence-electron chi connectivity index (χ2n) is 3.71. The molecule has 0 saturated carbocycles. The van der Waals surface area contributed by atoms with E-state index in [1.165, 1.54) is 11.3 Å². The van der Waals surface area contributed by atoms with Crippen LogP contribution in [-0.4, -0.2) is 37.7 Å². The number of nitrogens with one attached hydrogen (secondary N) is 2. The first kappa shape index (κ1) is 14.7. The van der Waals surface area contributed by atoms with Gasteiger partial charge in [-0.05, 0) is 6.42 Å². The number of carbonyl (C=O) groups excluding carboxylic acids is 1. The van der Waals surface area contributed by atoms with Gasteiger partial charge in [0.2, 0.25) is 0 Å². The molecule has 1 heterocycles. The number of rotatable bonds is 8. The zero-order chi connectivity index (χ0) is 13.4. The maximum atomic E-state index is 11.8. The van der Waals surface area contributed by atoms with E-state index in [2.05, 4.69) is 22.5 Å². The van der Waals surface area contributed by atoms with Crippen molar-refractivity contribution in [3.8, 4) is 0 Å². The molecule has 0 aliphatic heterocycles. The maximum absolute atomic E-state index is 11.8. The van der Waals surface area contributed by atoms with Crippen LogP contribution in [-0.2, 0) is 4.74 Å². The van der Waals surface area contributed by atoms with Gasteiger partial charge in [0.1, 0.15) is 10.7 Å². The van der Waals surface area contributed by atoms with Crippen LogP contribution in [0.5, 0.6) is 0 Å². The highest BCUT2D eigenvalue weighted by molar-refractivity contribution is 7.18. The lowest BCUT2D eigenvalue weighted by molar-refractivity contribution is 0.0917. The SMILES string of the molecule is CCCCOCCNC(=O)c1sc(NC)nc1N. The molecule has 102 valence electrons. The van der Waals surface area contributed by atoms with Crippen molar-refractivity contribution in [2.24, 2.45) is 0 Å². The molecule has 0 saturated heterocycles. The number of thiazole rings is 1. The second-order valence-corrected chi connectivity index (χ2v) is 4.70. The van der Waals surface area contributed by atoms with Gasteiger partial charge in [0.15, 0.2) is 5.13 Å². The maximum Gasteiger partial charge on any atom is 0.265 e. The van der Waals surface area contributed by atoms with E-state index in [0.717, 1.165) is 19.4 Å². The molecule has 1 aromatic rings. The fraction of sp³-hybridized carbons (Fsp3) is 0.636. The third kappa shape index (κ3) is 4.50. The number of anilines is 2. The van der Waals surface area contributed by atoms with E-state index in [4.69, 9.17) is 10.5 Å². The minimum atomic E-state index is -0.203. The van der Waals surface area contributed by atoms with Crippen LogP contribution >= 0.6 is 11.3 Å². The minimum absolute atomic E-state index is 0.203. The molecule has 0 bridgehead atoms. The number of hydrogen-bond donors (Lipinski definition) is 3. The zero-order valence-corrected chi connectivity index (χ0v) is 11.6. The first-order valence-electron chi connectivity index (χ1n) is 5.99. The van der Waals surface area contributed by atoms with Crippen LogP contribution in [0.1, 0.15) is 29.4 Å². The molecule has 0 aliphatic carbocycles. The largest absolute Gasteiger partial charge is 0.382 e. The number of nitrogens with zero attached hydrogens (tertiary/aromatic N) is 1. The van der Waals surface area contributed by atoms with Crippen LogP contribution in [0.2, 0.25) is 0 Å². The molecule has 0 fully saturated rings. The van der Waals surface area contributed by atoms with E-state index in [1.807, 2.05) is 0 Å². The number of unbranched alkanes of at least 4 members (excludes halogenated alkanes) is 1. The summed E-state index contributed by atoms with van der Waals surface area (Å²) in [6.45, 7) is 3.84. The molecule has 0 unspecified atom stereocenters. The quantitative estimate of drug-likeness (QED) is 0.621. The normalized spacial score (nSPS) is 10.3. The Morgan fingerprint density at radius 1 is 1.50 bits per heavy atom. The Hall–Kier alpha value is -1.34. The number of ether oxygens (including phenoxy) is 1. The van der Waals surface area contributed by atoms with Crippen molar-refractivity contribution in [3.63, 3.8) is 0 Å². The lowest BCUT2D eigenvalue weighted by Crippen LogP contribution is -2.27. The summed E-state index contributed by atoms with van der Waals surface area (Å²) in [6, 6.07) is 0. The van der Waals surface area contributed by atoms with Gasteiger partial charge in [-0.1, -0.05) is 24.7 Å². The second kappa shape index (κ2) is 7.88. The average Bonchev–Trinajstić information content (AvgIpc) is 2.75. The van der Waals surface area contributed by atoms with Crippen molar-refractivity contribution >= 4 is 28.2 Å². The lowest BCUT2D eigenvalue weighted by atomic mass is 10.4. The smallest absolute Gasteiger partial charge is 0.265 e. The summed E-state index contributed by atoms with van der Waals surface area (Å²) >= 11 is 1.24. The highest BCUT2D eigenvalue weighted by Crippen LogP contribution is 2.23. The van der Waals surface area contributed by atoms with Crippen LogP contribution in [0.4, 0.5) is 10.9 Å². The van der Waals surface area contributed by atoms with Gasteiger partial charge in [-0.2, -0.15) is 0 Å². The van der Waals surface area contributed by atoms with Crippen LogP contribution < -0.4 is 16.4 Å². The zero-order valence-electron chi connectivity index (χ0n) is 10.8. The number of aromatic nitrogens is 1. The van der Waals surface area contributed by atoms with E-state index in [9.17, 15) is 4.79 Å². The van der Waals surface area contributed by atoms with Crippen molar-refractivity contribution in [3.05, 3.63) is 4.88 Å². The van der Waals surface area contributed by atoms with Gasteiger partial charge in [0, 0.05) is 20.2 Å². The molecule has 18 heavy (non-hydrogen) atoms. The fourth-order valence-corrected chi connectivity index (χ4v) is 2.02.